The Hall–Kier alpha value is -1.32. The van der Waals surface area contributed by atoms with Crippen LogP contribution in [0.2, 0.25) is 0 Å². The van der Waals surface area contributed by atoms with Gasteiger partial charge >= 0.3 is 0 Å². The van der Waals surface area contributed by atoms with Gasteiger partial charge in [-0.1, -0.05) is 31.5 Å². The van der Waals surface area contributed by atoms with Gasteiger partial charge in [0.1, 0.15) is 5.75 Å². The van der Waals surface area contributed by atoms with E-state index >= 15 is 0 Å². The number of phenols is 1. The maximum atomic E-state index is 9.34. The Morgan fingerprint density at radius 3 is 2.53 bits per heavy atom. The van der Waals surface area contributed by atoms with E-state index in [-0.39, 0.29) is 6.04 Å². The highest BCUT2D eigenvalue weighted by Crippen LogP contribution is 2.27. The van der Waals surface area contributed by atoms with Gasteiger partial charge in [0.15, 0.2) is 0 Å². The molecule has 1 aromatic carbocycles. The van der Waals surface area contributed by atoms with Crippen LogP contribution >= 0.6 is 11.3 Å². The van der Waals surface area contributed by atoms with E-state index in [1.54, 1.807) is 12.1 Å². The number of thiophene rings is 1. The van der Waals surface area contributed by atoms with Crippen molar-refractivity contribution in [3.05, 3.63) is 52.2 Å². The monoisotopic (exact) mass is 275 g/mol. The minimum atomic E-state index is 0.277. The first-order valence-corrected chi connectivity index (χ1v) is 7.67. The van der Waals surface area contributed by atoms with Crippen LogP contribution in [0.15, 0.2) is 41.8 Å². The van der Waals surface area contributed by atoms with Crippen molar-refractivity contribution >= 4 is 11.3 Å². The lowest BCUT2D eigenvalue weighted by Gasteiger charge is -2.22. The fourth-order valence-electron chi connectivity index (χ4n) is 2.25. The lowest BCUT2D eigenvalue weighted by atomic mass is 10.0. The maximum absolute atomic E-state index is 9.34. The number of aromatic hydroxyl groups is 1. The average molecular weight is 275 g/mol. The molecule has 2 nitrogen and oxygen atoms in total. The maximum Gasteiger partial charge on any atom is 0.115 e. The molecule has 102 valence electrons. The Balaban J connectivity index is 2.06. The first kappa shape index (κ1) is 14.1. The zero-order valence-corrected chi connectivity index (χ0v) is 12.3. The normalized spacial score (nSPS) is 14.2. The van der Waals surface area contributed by atoms with Crippen molar-refractivity contribution in [3.63, 3.8) is 0 Å². The summed E-state index contributed by atoms with van der Waals surface area (Å²) in [6.07, 6.45) is 2.31. The molecule has 2 N–H and O–H groups in total. The topological polar surface area (TPSA) is 32.3 Å². The molecule has 1 heterocycles. The molecule has 19 heavy (non-hydrogen) atoms. The Bertz CT molecular complexity index is 478. The Labute approximate surface area is 119 Å². The number of hydrogen-bond acceptors (Lipinski definition) is 3. The molecule has 2 atom stereocenters. The molecule has 3 heteroatoms. The molecule has 2 unspecified atom stereocenters. The summed E-state index contributed by atoms with van der Waals surface area (Å²) in [5.41, 5.74) is 1.20. The molecule has 0 aliphatic heterocycles. The second kappa shape index (κ2) is 6.73. The number of benzene rings is 1. The third kappa shape index (κ3) is 3.82. The summed E-state index contributed by atoms with van der Waals surface area (Å²) < 4.78 is 0. The van der Waals surface area contributed by atoms with Gasteiger partial charge in [0.2, 0.25) is 0 Å². The predicted molar refractivity (Wildman–Crippen MR) is 81.6 cm³/mol. The highest BCUT2D eigenvalue weighted by molar-refractivity contribution is 7.10. The van der Waals surface area contributed by atoms with Crippen LogP contribution in [0.4, 0.5) is 0 Å². The smallest absolute Gasteiger partial charge is 0.115 e. The van der Waals surface area contributed by atoms with E-state index in [0.29, 0.717) is 11.8 Å². The van der Waals surface area contributed by atoms with Crippen molar-refractivity contribution in [1.82, 2.24) is 5.32 Å². The van der Waals surface area contributed by atoms with Gasteiger partial charge < -0.3 is 10.4 Å². The van der Waals surface area contributed by atoms with Crippen LogP contribution in [0.1, 0.15) is 49.2 Å². The van der Waals surface area contributed by atoms with E-state index in [2.05, 4.69) is 36.7 Å². The largest absolute Gasteiger partial charge is 0.508 e. The van der Waals surface area contributed by atoms with E-state index in [1.165, 1.54) is 10.4 Å². The van der Waals surface area contributed by atoms with Crippen molar-refractivity contribution < 1.29 is 5.11 Å². The van der Waals surface area contributed by atoms with Crippen LogP contribution in [0.5, 0.6) is 5.75 Å². The summed E-state index contributed by atoms with van der Waals surface area (Å²) in [7, 11) is 0. The molecule has 0 radical (unpaired) electrons. The number of nitrogens with one attached hydrogen (secondary N) is 1. The molecular formula is C16H21NOS. The van der Waals surface area contributed by atoms with Crippen LogP contribution < -0.4 is 5.32 Å². The first-order chi connectivity index (χ1) is 9.20. The molecule has 0 spiro atoms. The number of phenolic OH excluding ortho intramolecular Hbond substituents is 1. The second-order valence-corrected chi connectivity index (χ2v) is 5.82. The lowest BCUT2D eigenvalue weighted by Crippen LogP contribution is -2.24. The molecule has 2 rings (SSSR count). The quantitative estimate of drug-likeness (QED) is 0.804. The molecule has 0 aliphatic rings. The number of rotatable bonds is 6. The zero-order chi connectivity index (χ0) is 13.7. The van der Waals surface area contributed by atoms with Crippen LogP contribution in [-0.4, -0.2) is 5.11 Å². The summed E-state index contributed by atoms with van der Waals surface area (Å²) in [5, 5.41) is 15.2. The minimum Gasteiger partial charge on any atom is -0.508 e. The van der Waals surface area contributed by atoms with E-state index in [4.69, 9.17) is 0 Å². The summed E-state index contributed by atoms with van der Waals surface area (Å²) in [6, 6.07) is 12.4. The molecular weight excluding hydrogens is 254 g/mol. The fourth-order valence-corrected chi connectivity index (χ4v) is 3.07. The summed E-state index contributed by atoms with van der Waals surface area (Å²) in [5.74, 6) is 0.319. The van der Waals surface area contributed by atoms with Gasteiger partial charge in [-0.2, -0.15) is 0 Å². The Morgan fingerprint density at radius 1 is 1.21 bits per heavy atom. The summed E-state index contributed by atoms with van der Waals surface area (Å²) in [4.78, 5) is 1.40. The van der Waals surface area contributed by atoms with Crippen molar-refractivity contribution in [2.24, 2.45) is 0 Å². The van der Waals surface area contributed by atoms with Gasteiger partial charge in [-0.05, 0) is 42.5 Å². The third-order valence-corrected chi connectivity index (χ3v) is 4.29. The highest BCUT2D eigenvalue weighted by atomic mass is 32.1. The van der Waals surface area contributed by atoms with Gasteiger partial charge in [-0.3, -0.25) is 0 Å². The third-order valence-electron chi connectivity index (χ3n) is 3.31. The molecule has 1 aromatic heterocycles. The molecule has 0 saturated heterocycles. The van der Waals surface area contributed by atoms with Crippen molar-refractivity contribution in [3.8, 4) is 5.75 Å². The van der Waals surface area contributed by atoms with Gasteiger partial charge in [0.25, 0.3) is 0 Å². The van der Waals surface area contributed by atoms with E-state index in [1.807, 2.05) is 23.5 Å². The molecule has 2 aromatic rings. The first-order valence-electron chi connectivity index (χ1n) is 6.79. The molecule has 0 saturated carbocycles. The van der Waals surface area contributed by atoms with Crippen LogP contribution in [0.3, 0.4) is 0 Å². The van der Waals surface area contributed by atoms with Crippen LogP contribution in [0.25, 0.3) is 0 Å². The highest BCUT2D eigenvalue weighted by Gasteiger charge is 2.15. The van der Waals surface area contributed by atoms with E-state index < -0.39 is 0 Å². The summed E-state index contributed by atoms with van der Waals surface area (Å²) >= 11 is 1.81. The standard InChI is InChI=1S/C16H21NOS/c1-3-5-15(16-6-4-11-19-16)17-12(2)13-7-9-14(18)10-8-13/h4,6-12,15,17-18H,3,5H2,1-2H3. The molecule has 0 fully saturated rings. The average Bonchev–Trinajstić information content (AvgIpc) is 2.92. The van der Waals surface area contributed by atoms with Crippen LogP contribution in [0, 0.1) is 0 Å². The summed E-state index contributed by atoms with van der Waals surface area (Å²) in [6.45, 7) is 4.39. The van der Waals surface area contributed by atoms with E-state index in [9.17, 15) is 5.11 Å². The number of hydrogen-bond donors (Lipinski definition) is 2. The van der Waals surface area contributed by atoms with Crippen molar-refractivity contribution in [2.45, 2.75) is 38.8 Å². The Kier molecular flexibility index (Phi) is 5.00. The zero-order valence-electron chi connectivity index (χ0n) is 11.5. The van der Waals surface area contributed by atoms with E-state index in [0.717, 1.165) is 12.8 Å². The minimum absolute atomic E-state index is 0.277. The van der Waals surface area contributed by atoms with Gasteiger partial charge in [0.05, 0.1) is 0 Å². The molecule has 0 aliphatic carbocycles. The predicted octanol–water partition coefficient (Wildman–Crippen LogP) is 4.65. The van der Waals surface area contributed by atoms with Crippen molar-refractivity contribution in [2.75, 3.05) is 0 Å². The Morgan fingerprint density at radius 2 is 1.95 bits per heavy atom. The SMILES string of the molecule is CCCC(NC(C)c1ccc(O)cc1)c1cccs1. The van der Waals surface area contributed by atoms with Gasteiger partial charge in [-0.15, -0.1) is 11.3 Å². The molecule has 0 bridgehead atoms. The van der Waals surface area contributed by atoms with Crippen LogP contribution in [-0.2, 0) is 0 Å². The van der Waals surface area contributed by atoms with Crippen molar-refractivity contribution in [1.29, 1.82) is 0 Å². The second-order valence-electron chi connectivity index (χ2n) is 4.84. The molecule has 0 amide bonds. The van der Waals surface area contributed by atoms with Gasteiger partial charge in [0, 0.05) is 17.0 Å². The fraction of sp³-hybridized carbons (Fsp3) is 0.375. The van der Waals surface area contributed by atoms with Gasteiger partial charge in [-0.25, -0.2) is 0 Å². The lowest BCUT2D eigenvalue weighted by molar-refractivity contribution is 0.443.